The van der Waals surface area contributed by atoms with E-state index in [0.29, 0.717) is 17.0 Å². The first-order chi connectivity index (χ1) is 10.3. The standard InChI is InChI=1S/C17H13N3O/c1-21-16-8-7-14(10-18)17(9-16)20-12-15(11-19-20)13-5-3-2-4-6-13/h2-9,11-12H,1H3. The van der Waals surface area contributed by atoms with Gasteiger partial charge in [0.15, 0.2) is 0 Å². The molecule has 0 unspecified atom stereocenters. The van der Waals surface area contributed by atoms with Crippen molar-refractivity contribution in [2.45, 2.75) is 0 Å². The van der Waals surface area contributed by atoms with Crippen molar-refractivity contribution in [3.05, 3.63) is 66.5 Å². The molecule has 0 radical (unpaired) electrons. The zero-order valence-corrected chi connectivity index (χ0v) is 11.5. The lowest BCUT2D eigenvalue weighted by molar-refractivity contribution is 0.414. The average molecular weight is 275 g/mol. The number of benzene rings is 2. The van der Waals surface area contributed by atoms with Crippen molar-refractivity contribution in [2.24, 2.45) is 0 Å². The molecule has 0 spiro atoms. The fourth-order valence-corrected chi connectivity index (χ4v) is 2.16. The number of nitriles is 1. The number of aromatic nitrogens is 2. The summed E-state index contributed by atoms with van der Waals surface area (Å²) in [5.74, 6) is 0.695. The second-order valence-electron chi connectivity index (χ2n) is 4.53. The highest BCUT2D eigenvalue weighted by Gasteiger charge is 2.09. The van der Waals surface area contributed by atoms with Gasteiger partial charge < -0.3 is 4.74 Å². The summed E-state index contributed by atoms with van der Waals surface area (Å²) in [6.07, 6.45) is 3.70. The maximum atomic E-state index is 9.24. The summed E-state index contributed by atoms with van der Waals surface area (Å²) in [5.41, 5.74) is 3.35. The van der Waals surface area contributed by atoms with Gasteiger partial charge in [0.1, 0.15) is 11.8 Å². The van der Waals surface area contributed by atoms with Crippen molar-refractivity contribution in [2.75, 3.05) is 7.11 Å². The van der Waals surface area contributed by atoms with Crippen LogP contribution in [0.15, 0.2) is 60.9 Å². The van der Waals surface area contributed by atoms with Crippen molar-refractivity contribution < 1.29 is 4.74 Å². The van der Waals surface area contributed by atoms with Crippen molar-refractivity contribution in [3.8, 4) is 28.6 Å². The van der Waals surface area contributed by atoms with Crippen molar-refractivity contribution >= 4 is 0 Å². The minimum atomic E-state index is 0.554. The lowest BCUT2D eigenvalue weighted by Crippen LogP contribution is -1.98. The van der Waals surface area contributed by atoms with Crippen molar-refractivity contribution in [3.63, 3.8) is 0 Å². The molecule has 0 fully saturated rings. The molecule has 0 N–H and O–H groups in total. The van der Waals surface area contributed by atoms with E-state index in [0.717, 1.165) is 11.1 Å². The van der Waals surface area contributed by atoms with Gasteiger partial charge in [-0.3, -0.25) is 0 Å². The molecule has 21 heavy (non-hydrogen) atoms. The topological polar surface area (TPSA) is 50.8 Å². The Morgan fingerprint density at radius 3 is 2.62 bits per heavy atom. The van der Waals surface area contributed by atoms with Gasteiger partial charge in [-0.15, -0.1) is 0 Å². The second-order valence-corrected chi connectivity index (χ2v) is 4.53. The fourth-order valence-electron chi connectivity index (χ4n) is 2.16. The van der Waals surface area contributed by atoms with E-state index >= 15 is 0 Å². The molecule has 0 aliphatic heterocycles. The molecule has 0 amide bonds. The van der Waals surface area contributed by atoms with Crippen LogP contribution in [-0.2, 0) is 0 Å². The van der Waals surface area contributed by atoms with Crippen LogP contribution in [0.1, 0.15) is 5.56 Å². The van der Waals surface area contributed by atoms with Gasteiger partial charge in [-0.05, 0) is 17.7 Å². The molecule has 1 aromatic heterocycles. The third-order valence-electron chi connectivity index (χ3n) is 3.26. The summed E-state index contributed by atoms with van der Waals surface area (Å²) in [7, 11) is 1.60. The van der Waals surface area contributed by atoms with Gasteiger partial charge in [-0.2, -0.15) is 10.4 Å². The number of nitrogens with zero attached hydrogens (tertiary/aromatic N) is 3. The highest BCUT2D eigenvalue weighted by atomic mass is 16.5. The first kappa shape index (κ1) is 12.9. The number of ether oxygens (including phenoxy) is 1. The van der Waals surface area contributed by atoms with Gasteiger partial charge in [0.05, 0.1) is 24.6 Å². The summed E-state index contributed by atoms with van der Waals surface area (Å²) < 4.78 is 6.91. The Kier molecular flexibility index (Phi) is 3.40. The van der Waals surface area contributed by atoms with Crippen molar-refractivity contribution in [1.29, 1.82) is 5.26 Å². The highest BCUT2D eigenvalue weighted by Crippen LogP contribution is 2.24. The minimum Gasteiger partial charge on any atom is -0.497 e. The molecule has 2 aromatic carbocycles. The molecule has 3 aromatic rings. The lowest BCUT2D eigenvalue weighted by atomic mass is 10.1. The van der Waals surface area contributed by atoms with E-state index < -0.39 is 0 Å². The van der Waals surface area contributed by atoms with Crippen LogP contribution in [0.4, 0.5) is 0 Å². The predicted octanol–water partition coefficient (Wildman–Crippen LogP) is 3.42. The van der Waals surface area contributed by atoms with Crippen LogP contribution >= 0.6 is 0 Å². The molecule has 4 heteroatoms. The number of hydrogen-bond donors (Lipinski definition) is 0. The molecule has 0 bridgehead atoms. The van der Waals surface area contributed by atoms with Crippen LogP contribution in [-0.4, -0.2) is 16.9 Å². The van der Waals surface area contributed by atoms with Gasteiger partial charge in [-0.1, -0.05) is 30.3 Å². The summed E-state index contributed by atoms with van der Waals surface area (Å²) in [6, 6.07) is 17.5. The molecule has 3 rings (SSSR count). The molecule has 0 aliphatic rings. The molecule has 0 atom stereocenters. The van der Waals surface area contributed by atoms with Gasteiger partial charge in [0.25, 0.3) is 0 Å². The molecule has 0 aliphatic carbocycles. The lowest BCUT2D eigenvalue weighted by Gasteiger charge is -2.06. The largest absolute Gasteiger partial charge is 0.497 e. The predicted molar refractivity (Wildman–Crippen MR) is 80.3 cm³/mol. The van der Waals surface area contributed by atoms with Crippen molar-refractivity contribution in [1.82, 2.24) is 9.78 Å². The van der Waals surface area contributed by atoms with Crippen LogP contribution in [0.5, 0.6) is 5.75 Å². The average Bonchev–Trinajstić information content (AvgIpc) is 3.05. The SMILES string of the molecule is COc1ccc(C#N)c(-n2cc(-c3ccccc3)cn2)c1. The Morgan fingerprint density at radius 1 is 1.10 bits per heavy atom. The van der Waals surface area contributed by atoms with E-state index in [9.17, 15) is 5.26 Å². The zero-order valence-electron chi connectivity index (χ0n) is 11.5. The first-order valence-electron chi connectivity index (χ1n) is 6.50. The highest BCUT2D eigenvalue weighted by molar-refractivity contribution is 5.63. The monoisotopic (exact) mass is 275 g/mol. The zero-order chi connectivity index (χ0) is 14.7. The second kappa shape index (κ2) is 5.51. The molecular formula is C17H13N3O. The smallest absolute Gasteiger partial charge is 0.121 e. The number of methoxy groups -OCH3 is 1. The first-order valence-corrected chi connectivity index (χ1v) is 6.50. The molecule has 102 valence electrons. The van der Waals surface area contributed by atoms with Crippen LogP contribution in [0.25, 0.3) is 16.8 Å². The minimum absolute atomic E-state index is 0.554. The van der Waals surface area contributed by atoms with E-state index in [1.165, 1.54) is 0 Å². The summed E-state index contributed by atoms with van der Waals surface area (Å²) in [4.78, 5) is 0. The summed E-state index contributed by atoms with van der Waals surface area (Å²) in [5, 5.41) is 13.6. The van der Waals surface area contributed by atoms with Gasteiger partial charge in [0, 0.05) is 17.8 Å². The van der Waals surface area contributed by atoms with Crippen LogP contribution in [0.3, 0.4) is 0 Å². The Hall–Kier alpha value is -3.06. The van der Waals surface area contributed by atoms with Crippen LogP contribution < -0.4 is 4.74 Å². The van der Waals surface area contributed by atoms with E-state index in [4.69, 9.17) is 4.74 Å². The Morgan fingerprint density at radius 2 is 1.90 bits per heavy atom. The van der Waals surface area contributed by atoms with Crippen LogP contribution in [0.2, 0.25) is 0 Å². The Labute approximate surface area is 122 Å². The normalized spacial score (nSPS) is 10.1. The summed E-state index contributed by atoms with van der Waals surface area (Å²) >= 11 is 0. The molecule has 0 saturated carbocycles. The van der Waals surface area contributed by atoms with Gasteiger partial charge in [-0.25, -0.2) is 4.68 Å². The Balaban J connectivity index is 2.06. The van der Waals surface area contributed by atoms with E-state index in [2.05, 4.69) is 11.2 Å². The van der Waals surface area contributed by atoms with E-state index in [1.807, 2.05) is 36.5 Å². The van der Waals surface area contributed by atoms with Gasteiger partial charge >= 0.3 is 0 Å². The molecule has 1 heterocycles. The molecular weight excluding hydrogens is 262 g/mol. The van der Waals surface area contributed by atoms with E-state index in [1.54, 1.807) is 36.2 Å². The van der Waals surface area contributed by atoms with Gasteiger partial charge in [0.2, 0.25) is 0 Å². The maximum Gasteiger partial charge on any atom is 0.121 e. The fraction of sp³-hybridized carbons (Fsp3) is 0.0588. The number of rotatable bonds is 3. The third kappa shape index (κ3) is 2.49. The summed E-state index contributed by atoms with van der Waals surface area (Å²) in [6.45, 7) is 0. The van der Waals surface area contributed by atoms with E-state index in [-0.39, 0.29) is 0 Å². The third-order valence-corrected chi connectivity index (χ3v) is 3.26. The molecule has 4 nitrogen and oxygen atoms in total. The number of hydrogen-bond acceptors (Lipinski definition) is 3. The van der Waals surface area contributed by atoms with Crippen LogP contribution in [0, 0.1) is 11.3 Å². The molecule has 0 saturated heterocycles. The quantitative estimate of drug-likeness (QED) is 0.736. The maximum absolute atomic E-state index is 9.24. The Bertz CT molecular complexity index is 800.